The van der Waals surface area contributed by atoms with Gasteiger partial charge in [0, 0.05) is 11.1 Å². The van der Waals surface area contributed by atoms with Gasteiger partial charge >= 0.3 is 5.97 Å². The number of hydrogen-bond acceptors (Lipinski definition) is 4. The van der Waals surface area contributed by atoms with Crippen molar-refractivity contribution in [2.75, 3.05) is 0 Å². The molecule has 0 aliphatic rings. The zero-order valence-corrected chi connectivity index (χ0v) is 9.91. The fourth-order valence-corrected chi connectivity index (χ4v) is 1.85. The van der Waals surface area contributed by atoms with E-state index < -0.39 is 5.60 Å². The number of nitrogens with zero attached hydrogens (tertiary/aromatic N) is 1. The van der Waals surface area contributed by atoms with Gasteiger partial charge in [-0.3, -0.25) is 4.79 Å². The molecule has 0 aromatic carbocycles. The number of ether oxygens (including phenoxy) is 1. The maximum Gasteiger partial charge on any atom is 0.311 e. The molecule has 1 heterocycles. The van der Waals surface area contributed by atoms with E-state index in [9.17, 15) is 4.79 Å². The second-order valence-electron chi connectivity index (χ2n) is 3.84. The second-order valence-corrected chi connectivity index (χ2v) is 5.54. The maximum atomic E-state index is 11.4. The van der Waals surface area contributed by atoms with Crippen LogP contribution in [-0.4, -0.2) is 16.6 Å². The van der Waals surface area contributed by atoms with Gasteiger partial charge in [0.25, 0.3) is 0 Å². The Morgan fingerprint density at radius 1 is 1.64 bits per heavy atom. The van der Waals surface area contributed by atoms with Gasteiger partial charge in [-0.2, -0.15) is 0 Å². The lowest BCUT2D eigenvalue weighted by molar-refractivity contribution is -0.153. The molecular formula is C9H12ClNO2S. The average Bonchev–Trinajstić information content (AvgIpc) is 2.30. The number of carbonyl (C=O) groups excluding carboxylic acids is 1. The first-order valence-corrected chi connectivity index (χ1v) is 5.38. The third kappa shape index (κ3) is 4.07. The van der Waals surface area contributed by atoms with Crippen molar-refractivity contribution in [2.45, 2.75) is 32.8 Å². The molecule has 0 unspecified atom stereocenters. The van der Waals surface area contributed by atoms with Gasteiger partial charge in [-0.05, 0) is 20.8 Å². The molecule has 1 rings (SSSR count). The van der Waals surface area contributed by atoms with Gasteiger partial charge in [0.15, 0.2) is 4.47 Å². The summed E-state index contributed by atoms with van der Waals surface area (Å²) in [5.41, 5.74) is -0.439. The third-order valence-corrected chi connectivity index (χ3v) is 2.38. The van der Waals surface area contributed by atoms with Gasteiger partial charge in [0.05, 0.1) is 6.42 Å². The molecule has 0 N–H and O–H groups in total. The number of esters is 1. The van der Waals surface area contributed by atoms with E-state index in [1.807, 2.05) is 20.8 Å². The van der Waals surface area contributed by atoms with Crippen LogP contribution in [0.2, 0.25) is 4.47 Å². The summed E-state index contributed by atoms with van der Waals surface area (Å²) in [5.74, 6) is -0.252. The first-order chi connectivity index (χ1) is 6.37. The summed E-state index contributed by atoms with van der Waals surface area (Å²) in [6, 6.07) is 0. The maximum absolute atomic E-state index is 11.4. The van der Waals surface area contributed by atoms with Crippen LogP contribution < -0.4 is 0 Å². The Kier molecular flexibility index (Phi) is 3.50. The summed E-state index contributed by atoms with van der Waals surface area (Å²) >= 11 is 6.93. The van der Waals surface area contributed by atoms with E-state index in [1.54, 1.807) is 6.20 Å². The van der Waals surface area contributed by atoms with Crippen LogP contribution in [-0.2, 0) is 16.0 Å². The van der Waals surface area contributed by atoms with E-state index in [-0.39, 0.29) is 12.4 Å². The molecule has 0 amide bonds. The van der Waals surface area contributed by atoms with Crippen molar-refractivity contribution in [3.05, 3.63) is 15.5 Å². The molecule has 0 atom stereocenters. The fraction of sp³-hybridized carbons (Fsp3) is 0.556. The van der Waals surface area contributed by atoms with Crippen LogP contribution in [0.5, 0.6) is 0 Å². The number of aromatic nitrogens is 1. The molecule has 5 heteroatoms. The molecular weight excluding hydrogens is 222 g/mol. The molecule has 0 aliphatic heterocycles. The molecule has 0 aliphatic carbocycles. The van der Waals surface area contributed by atoms with Gasteiger partial charge in [-0.1, -0.05) is 11.6 Å². The van der Waals surface area contributed by atoms with Gasteiger partial charge in [0.1, 0.15) is 5.60 Å². The van der Waals surface area contributed by atoms with Crippen molar-refractivity contribution in [1.29, 1.82) is 0 Å². The van der Waals surface area contributed by atoms with Crippen LogP contribution in [0.25, 0.3) is 0 Å². The lowest BCUT2D eigenvalue weighted by atomic mass is 10.2. The van der Waals surface area contributed by atoms with Crippen LogP contribution in [0, 0.1) is 0 Å². The van der Waals surface area contributed by atoms with E-state index in [0.717, 1.165) is 4.88 Å². The Bertz CT molecular complexity index is 330. The zero-order valence-electron chi connectivity index (χ0n) is 8.33. The van der Waals surface area contributed by atoms with Crippen LogP contribution in [0.1, 0.15) is 25.6 Å². The first kappa shape index (κ1) is 11.5. The van der Waals surface area contributed by atoms with E-state index in [0.29, 0.717) is 4.47 Å². The molecule has 78 valence electrons. The van der Waals surface area contributed by atoms with E-state index in [1.165, 1.54) is 11.3 Å². The highest BCUT2D eigenvalue weighted by molar-refractivity contribution is 7.15. The van der Waals surface area contributed by atoms with E-state index in [2.05, 4.69) is 4.98 Å². The Morgan fingerprint density at radius 3 is 2.71 bits per heavy atom. The smallest absolute Gasteiger partial charge is 0.311 e. The number of carbonyl (C=O) groups is 1. The summed E-state index contributed by atoms with van der Waals surface area (Å²) in [6.07, 6.45) is 1.83. The molecule has 0 fully saturated rings. The normalized spacial score (nSPS) is 11.4. The van der Waals surface area contributed by atoms with Crippen LogP contribution in [0.4, 0.5) is 0 Å². The van der Waals surface area contributed by atoms with Crippen molar-refractivity contribution >= 4 is 28.9 Å². The zero-order chi connectivity index (χ0) is 10.8. The number of halogens is 1. The van der Waals surface area contributed by atoms with Crippen LogP contribution in [0.3, 0.4) is 0 Å². The highest BCUT2D eigenvalue weighted by Gasteiger charge is 2.17. The molecule has 0 bridgehead atoms. The van der Waals surface area contributed by atoms with Gasteiger partial charge in [-0.15, -0.1) is 11.3 Å². The average molecular weight is 234 g/mol. The molecule has 0 saturated heterocycles. The standard InChI is InChI=1S/C9H12ClNO2S/c1-9(2,3)13-7(12)4-6-5-11-8(10)14-6/h5H,4H2,1-3H3. The van der Waals surface area contributed by atoms with Crippen molar-refractivity contribution in [1.82, 2.24) is 4.98 Å². The number of rotatable bonds is 2. The largest absolute Gasteiger partial charge is 0.460 e. The SMILES string of the molecule is CC(C)(C)OC(=O)Cc1cnc(Cl)s1. The summed E-state index contributed by atoms with van der Waals surface area (Å²) in [6.45, 7) is 5.51. The topological polar surface area (TPSA) is 39.2 Å². The molecule has 14 heavy (non-hydrogen) atoms. The highest BCUT2D eigenvalue weighted by Crippen LogP contribution is 2.19. The molecule has 1 aromatic heterocycles. The van der Waals surface area contributed by atoms with Crippen LogP contribution >= 0.6 is 22.9 Å². The first-order valence-electron chi connectivity index (χ1n) is 4.19. The molecule has 0 spiro atoms. The predicted molar refractivity (Wildman–Crippen MR) is 56.7 cm³/mol. The van der Waals surface area contributed by atoms with E-state index >= 15 is 0 Å². The monoisotopic (exact) mass is 233 g/mol. The number of thiazole rings is 1. The Labute approximate surface area is 92.1 Å². The molecule has 1 aromatic rings. The Hall–Kier alpha value is -0.610. The van der Waals surface area contributed by atoms with Gasteiger partial charge in [-0.25, -0.2) is 4.98 Å². The molecule has 3 nitrogen and oxygen atoms in total. The molecule has 0 radical (unpaired) electrons. The minimum atomic E-state index is -0.439. The second kappa shape index (κ2) is 4.28. The highest BCUT2D eigenvalue weighted by atomic mass is 35.5. The Morgan fingerprint density at radius 2 is 2.29 bits per heavy atom. The Balaban J connectivity index is 2.50. The van der Waals surface area contributed by atoms with Crippen LogP contribution in [0.15, 0.2) is 6.20 Å². The predicted octanol–water partition coefficient (Wildman–Crippen LogP) is 2.68. The third-order valence-electron chi connectivity index (χ3n) is 1.26. The number of hydrogen-bond donors (Lipinski definition) is 0. The summed E-state index contributed by atoms with van der Waals surface area (Å²) in [5, 5.41) is 0. The minimum Gasteiger partial charge on any atom is -0.460 e. The minimum absolute atomic E-state index is 0.238. The lowest BCUT2D eigenvalue weighted by Gasteiger charge is -2.18. The van der Waals surface area contributed by atoms with Crippen molar-refractivity contribution in [3.63, 3.8) is 0 Å². The van der Waals surface area contributed by atoms with Crippen molar-refractivity contribution < 1.29 is 9.53 Å². The summed E-state index contributed by atoms with van der Waals surface area (Å²) in [4.78, 5) is 16.0. The fourth-order valence-electron chi connectivity index (χ4n) is 0.885. The van der Waals surface area contributed by atoms with E-state index in [4.69, 9.17) is 16.3 Å². The summed E-state index contributed by atoms with van der Waals surface area (Å²) in [7, 11) is 0. The van der Waals surface area contributed by atoms with Gasteiger partial charge < -0.3 is 4.74 Å². The molecule has 0 saturated carbocycles. The van der Waals surface area contributed by atoms with Gasteiger partial charge in [0.2, 0.25) is 0 Å². The lowest BCUT2D eigenvalue weighted by Crippen LogP contribution is -2.24. The van der Waals surface area contributed by atoms with Crippen molar-refractivity contribution in [2.24, 2.45) is 0 Å². The quantitative estimate of drug-likeness (QED) is 0.738. The summed E-state index contributed by atoms with van der Waals surface area (Å²) < 4.78 is 5.60. The van der Waals surface area contributed by atoms with Crippen molar-refractivity contribution in [3.8, 4) is 0 Å².